The maximum atomic E-state index is 11.0. The summed E-state index contributed by atoms with van der Waals surface area (Å²) >= 11 is 1.42. The van der Waals surface area contributed by atoms with Crippen LogP contribution in [0.2, 0.25) is 0 Å². The van der Waals surface area contributed by atoms with Crippen LogP contribution >= 0.6 is 11.8 Å². The highest BCUT2D eigenvalue weighted by atomic mass is 32.2. The van der Waals surface area contributed by atoms with Crippen LogP contribution in [0.3, 0.4) is 0 Å². The van der Waals surface area contributed by atoms with E-state index in [2.05, 4.69) is 5.32 Å². The van der Waals surface area contributed by atoms with E-state index in [1.807, 2.05) is 52.0 Å². The van der Waals surface area contributed by atoms with Gasteiger partial charge in [0.2, 0.25) is 0 Å². The van der Waals surface area contributed by atoms with Gasteiger partial charge < -0.3 is 10.4 Å². The Morgan fingerprint density at radius 3 is 2.14 bits per heavy atom. The van der Waals surface area contributed by atoms with Crippen molar-refractivity contribution >= 4 is 31.8 Å². The van der Waals surface area contributed by atoms with Crippen molar-refractivity contribution in [2.45, 2.75) is 58.1 Å². The zero-order chi connectivity index (χ0) is 14.7. The predicted octanol–water partition coefficient (Wildman–Crippen LogP) is 4.75. The van der Waals surface area contributed by atoms with Gasteiger partial charge in [-0.1, -0.05) is 34.6 Å². The quantitative estimate of drug-likeness (QED) is 0.564. The molecule has 21 heavy (non-hydrogen) atoms. The predicted molar refractivity (Wildman–Crippen MR) is 96.6 cm³/mol. The molecule has 0 bridgehead atoms. The number of nitrogens with one attached hydrogen (secondary N) is 1. The van der Waals surface area contributed by atoms with Gasteiger partial charge in [0.25, 0.3) is 0 Å². The molecule has 0 amide bonds. The summed E-state index contributed by atoms with van der Waals surface area (Å²) in [5, 5.41) is 11.9. The summed E-state index contributed by atoms with van der Waals surface area (Å²) in [6.07, 6.45) is 1.59. The molecule has 0 fully saturated rings. The normalized spacial score (nSPS) is 10.1. The van der Waals surface area contributed by atoms with Crippen LogP contribution in [0.4, 0.5) is 5.69 Å². The van der Waals surface area contributed by atoms with Gasteiger partial charge in [0.1, 0.15) is 5.25 Å². The molecule has 0 saturated heterocycles. The molecule has 1 unspecified atom stereocenters. The molecule has 2 N–H and O–H groups in total. The van der Waals surface area contributed by atoms with Crippen LogP contribution in [-0.2, 0) is 4.79 Å². The van der Waals surface area contributed by atoms with Gasteiger partial charge in [-0.2, -0.15) is 0 Å². The van der Waals surface area contributed by atoms with E-state index >= 15 is 0 Å². The Kier molecular flexibility index (Phi) is 18.1. The van der Waals surface area contributed by atoms with Crippen molar-refractivity contribution < 1.29 is 9.90 Å². The van der Waals surface area contributed by atoms with Crippen molar-refractivity contribution in [1.29, 1.82) is 0 Å². The second-order valence-electron chi connectivity index (χ2n) is 3.79. The monoisotopic (exact) mass is 310 g/mol. The maximum absolute atomic E-state index is 11.0. The van der Waals surface area contributed by atoms with Gasteiger partial charge >= 0.3 is 5.97 Å². The lowest BCUT2D eigenvalue weighted by atomic mass is 10.2. The molecule has 1 aromatic rings. The third-order valence-corrected chi connectivity index (χ3v) is 3.61. The fourth-order valence-electron chi connectivity index (χ4n) is 1.51. The maximum Gasteiger partial charge on any atom is 0.316 e. The van der Waals surface area contributed by atoms with Crippen LogP contribution in [0, 0.1) is 0 Å². The van der Waals surface area contributed by atoms with E-state index in [1.165, 1.54) is 11.8 Å². The van der Waals surface area contributed by atoms with E-state index in [0.29, 0.717) is 6.42 Å². The van der Waals surface area contributed by atoms with Crippen molar-refractivity contribution in [3.05, 3.63) is 24.3 Å². The number of anilines is 1. The number of carboxylic acids is 1. The number of hydrogen-bond donors (Lipinski definition) is 2. The zero-order valence-electron chi connectivity index (χ0n) is 12.8. The lowest BCUT2D eigenvalue weighted by Crippen LogP contribution is -2.15. The third kappa shape index (κ3) is 10.3. The molecule has 0 aliphatic carbocycles. The molecule has 5 heteroatoms. The molecule has 0 heterocycles. The molecule has 0 saturated carbocycles. The van der Waals surface area contributed by atoms with Gasteiger partial charge in [0.05, 0.1) is 0 Å². The number of thioether (sulfide) groups is 1. The Morgan fingerprint density at radius 1 is 1.24 bits per heavy atom. The first-order valence-electron chi connectivity index (χ1n) is 6.90. The summed E-state index contributed by atoms with van der Waals surface area (Å²) in [4.78, 5) is 12.0. The molecule has 119 valence electrons. The number of benzene rings is 1. The summed E-state index contributed by atoms with van der Waals surface area (Å²) in [7, 11) is 0. The molecule has 3 radical (unpaired) electrons. The highest BCUT2D eigenvalue weighted by molar-refractivity contribution is 8.00. The zero-order valence-corrected chi connectivity index (χ0v) is 13.7. The molecule has 0 aliphatic rings. The molecule has 0 aromatic heterocycles. The van der Waals surface area contributed by atoms with E-state index in [1.54, 1.807) is 0 Å². The van der Waals surface area contributed by atoms with E-state index in [0.717, 1.165) is 23.5 Å². The lowest BCUT2D eigenvalue weighted by Gasteiger charge is -2.11. The topological polar surface area (TPSA) is 49.3 Å². The average Bonchev–Trinajstić information content (AvgIpc) is 2.43. The van der Waals surface area contributed by atoms with Crippen LogP contribution in [0.5, 0.6) is 0 Å². The first kappa shape index (κ1) is 24.9. The van der Waals surface area contributed by atoms with Gasteiger partial charge in [-0.3, -0.25) is 4.79 Å². The van der Waals surface area contributed by atoms with Crippen molar-refractivity contribution in [2.24, 2.45) is 0 Å². The SMILES string of the molecule is C.CC.CCCC(Sc1ccc(NCC)cc1)C(=O)O.[B]. The van der Waals surface area contributed by atoms with Crippen LogP contribution < -0.4 is 5.32 Å². The standard InChI is InChI=1S/C13H19NO2S.C2H6.CH4.B/c1-3-5-12(13(15)16)17-11-8-6-10(7-9-11)14-4-2;1-2;;/h6-9,12,14H,3-5H2,1-2H3,(H,15,16);1-2H3;1H4;. The summed E-state index contributed by atoms with van der Waals surface area (Å²) in [6, 6.07) is 7.90. The second-order valence-corrected chi connectivity index (χ2v) is 5.06. The number of carboxylic acid groups (broad SMARTS) is 1. The Bertz CT molecular complexity index is 358. The Morgan fingerprint density at radius 2 is 1.76 bits per heavy atom. The number of hydrogen-bond acceptors (Lipinski definition) is 3. The fraction of sp³-hybridized carbons (Fsp3) is 0.562. The van der Waals surface area contributed by atoms with Gasteiger partial charge in [0.15, 0.2) is 0 Å². The van der Waals surface area contributed by atoms with Gasteiger partial charge in [-0.25, -0.2) is 0 Å². The minimum absolute atomic E-state index is 0. The second kappa shape index (κ2) is 15.3. The van der Waals surface area contributed by atoms with Gasteiger partial charge in [0, 0.05) is 25.5 Å². The largest absolute Gasteiger partial charge is 0.480 e. The molecular weight excluding hydrogens is 281 g/mol. The summed E-state index contributed by atoms with van der Waals surface area (Å²) in [5.41, 5.74) is 1.07. The van der Waals surface area contributed by atoms with Crippen molar-refractivity contribution in [1.82, 2.24) is 0 Å². The smallest absolute Gasteiger partial charge is 0.316 e. The molecule has 1 rings (SSSR count). The molecule has 3 nitrogen and oxygen atoms in total. The summed E-state index contributed by atoms with van der Waals surface area (Å²) in [6.45, 7) is 8.94. The molecule has 0 spiro atoms. The van der Waals surface area contributed by atoms with Crippen LogP contribution in [0.15, 0.2) is 29.2 Å². The van der Waals surface area contributed by atoms with Crippen LogP contribution in [-0.4, -0.2) is 31.3 Å². The Balaban J connectivity index is -0.000000774. The van der Waals surface area contributed by atoms with Gasteiger partial charge in [-0.15, -0.1) is 11.8 Å². The highest BCUT2D eigenvalue weighted by Gasteiger charge is 2.17. The van der Waals surface area contributed by atoms with Crippen molar-refractivity contribution in [3.8, 4) is 0 Å². The number of rotatable bonds is 7. The highest BCUT2D eigenvalue weighted by Crippen LogP contribution is 2.27. The van der Waals surface area contributed by atoms with Crippen molar-refractivity contribution in [2.75, 3.05) is 11.9 Å². The van der Waals surface area contributed by atoms with E-state index < -0.39 is 5.97 Å². The summed E-state index contributed by atoms with van der Waals surface area (Å²) in [5.74, 6) is -0.729. The fourth-order valence-corrected chi connectivity index (χ4v) is 2.59. The molecular formula is C16H29BNO2S. The van der Waals surface area contributed by atoms with E-state index in [-0.39, 0.29) is 21.1 Å². The van der Waals surface area contributed by atoms with Crippen LogP contribution in [0.25, 0.3) is 0 Å². The Hall–Kier alpha value is -1.10. The molecule has 1 atom stereocenters. The number of aliphatic carboxylic acids is 1. The minimum atomic E-state index is -0.729. The summed E-state index contributed by atoms with van der Waals surface area (Å²) < 4.78 is 0. The molecule has 0 aliphatic heterocycles. The van der Waals surface area contributed by atoms with Gasteiger partial charge in [-0.05, 0) is 37.6 Å². The third-order valence-electron chi connectivity index (χ3n) is 2.34. The minimum Gasteiger partial charge on any atom is -0.480 e. The van der Waals surface area contributed by atoms with E-state index in [4.69, 9.17) is 5.11 Å². The van der Waals surface area contributed by atoms with E-state index in [9.17, 15) is 4.79 Å². The lowest BCUT2D eigenvalue weighted by molar-refractivity contribution is -0.136. The van der Waals surface area contributed by atoms with Crippen molar-refractivity contribution in [3.63, 3.8) is 0 Å². The first-order valence-corrected chi connectivity index (χ1v) is 7.78. The Labute approximate surface area is 136 Å². The number of carbonyl (C=O) groups is 1. The first-order chi connectivity index (χ1) is 9.17. The molecule has 1 aromatic carbocycles. The van der Waals surface area contributed by atoms with Crippen LogP contribution in [0.1, 0.15) is 48.0 Å². The average molecular weight is 310 g/mol.